The van der Waals surface area contributed by atoms with Crippen molar-refractivity contribution in [3.05, 3.63) is 17.1 Å². The summed E-state index contributed by atoms with van der Waals surface area (Å²) in [7, 11) is 0. The number of fused-ring (bicyclic) bond motifs is 1. The number of aryl methyl sites for hydroxylation is 1. The maximum atomic E-state index is 12.4. The van der Waals surface area contributed by atoms with Gasteiger partial charge in [0.1, 0.15) is 17.2 Å². The van der Waals surface area contributed by atoms with E-state index in [2.05, 4.69) is 14.9 Å². The van der Waals surface area contributed by atoms with Crippen LogP contribution < -0.4 is 4.90 Å². The van der Waals surface area contributed by atoms with Crippen molar-refractivity contribution >= 4 is 11.9 Å². The van der Waals surface area contributed by atoms with E-state index in [1.807, 2.05) is 34.6 Å². The zero-order chi connectivity index (χ0) is 16.1. The molecule has 120 valence electrons. The summed E-state index contributed by atoms with van der Waals surface area (Å²) in [4.78, 5) is 25.6. The quantitative estimate of drug-likeness (QED) is 0.798. The molecule has 0 aromatic carbocycles. The molecule has 1 aromatic rings. The van der Waals surface area contributed by atoms with Crippen LogP contribution >= 0.6 is 0 Å². The van der Waals surface area contributed by atoms with Gasteiger partial charge in [0.25, 0.3) is 0 Å². The second-order valence-corrected chi connectivity index (χ2v) is 7.08. The van der Waals surface area contributed by atoms with Crippen LogP contribution in [0.4, 0.5) is 10.6 Å². The Labute approximate surface area is 131 Å². The highest BCUT2D eigenvalue weighted by Crippen LogP contribution is 2.39. The summed E-state index contributed by atoms with van der Waals surface area (Å²) in [6.07, 6.45) is 0.910. The lowest BCUT2D eigenvalue weighted by Gasteiger charge is -2.34. The summed E-state index contributed by atoms with van der Waals surface area (Å²) >= 11 is 0. The summed E-state index contributed by atoms with van der Waals surface area (Å²) in [6.45, 7) is 12.1. The fourth-order valence-electron chi connectivity index (χ4n) is 2.94. The van der Waals surface area contributed by atoms with Crippen LogP contribution in [0.15, 0.2) is 0 Å². The minimum absolute atomic E-state index is 0.0546. The zero-order valence-electron chi connectivity index (χ0n) is 14.0. The van der Waals surface area contributed by atoms with Gasteiger partial charge in [0.15, 0.2) is 0 Å². The van der Waals surface area contributed by atoms with Crippen molar-refractivity contribution in [2.24, 2.45) is 0 Å². The summed E-state index contributed by atoms with van der Waals surface area (Å²) in [5.74, 6) is 1.76. The molecule has 1 aromatic heterocycles. The maximum Gasteiger partial charge on any atom is 0.411 e. The second kappa shape index (κ2) is 5.11. The monoisotopic (exact) mass is 304 g/mol. The van der Waals surface area contributed by atoms with Gasteiger partial charge < -0.3 is 9.64 Å². The van der Waals surface area contributed by atoms with Gasteiger partial charge in [-0.1, -0.05) is 0 Å². The Morgan fingerprint density at radius 3 is 2.50 bits per heavy atom. The van der Waals surface area contributed by atoms with Crippen molar-refractivity contribution in [3.8, 4) is 0 Å². The van der Waals surface area contributed by atoms with E-state index in [9.17, 15) is 4.79 Å². The molecule has 0 radical (unpaired) electrons. The SMILES string of the molecule is Cc1nc2c(c(N3CCC3)n1)C(C)N(C(=O)OC(C)(C)C)C2. The number of aromatic nitrogens is 2. The molecule has 3 heterocycles. The van der Waals surface area contributed by atoms with Gasteiger partial charge in [-0.2, -0.15) is 0 Å². The summed E-state index contributed by atoms with van der Waals surface area (Å²) in [6, 6.07) is -0.0546. The molecule has 2 aliphatic rings. The lowest BCUT2D eigenvalue weighted by Crippen LogP contribution is -2.39. The Kier molecular flexibility index (Phi) is 3.50. The van der Waals surface area contributed by atoms with E-state index < -0.39 is 5.60 Å². The molecule has 3 rings (SSSR count). The molecule has 6 nitrogen and oxygen atoms in total. The van der Waals surface area contributed by atoms with E-state index in [4.69, 9.17) is 4.74 Å². The van der Waals surface area contributed by atoms with Crippen LogP contribution in [-0.4, -0.2) is 39.7 Å². The van der Waals surface area contributed by atoms with E-state index in [1.54, 1.807) is 4.90 Å². The van der Waals surface area contributed by atoms with Gasteiger partial charge in [-0.05, 0) is 41.0 Å². The molecule has 0 bridgehead atoms. The van der Waals surface area contributed by atoms with E-state index >= 15 is 0 Å². The summed E-state index contributed by atoms with van der Waals surface area (Å²) in [5.41, 5.74) is 1.54. The third-order valence-corrected chi connectivity index (χ3v) is 4.11. The predicted molar refractivity (Wildman–Crippen MR) is 83.8 cm³/mol. The van der Waals surface area contributed by atoms with Crippen LogP contribution in [0.3, 0.4) is 0 Å². The van der Waals surface area contributed by atoms with Crippen LogP contribution in [0.25, 0.3) is 0 Å². The van der Waals surface area contributed by atoms with Crippen LogP contribution in [-0.2, 0) is 11.3 Å². The van der Waals surface area contributed by atoms with E-state index in [0.29, 0.717) is 6.54 Å². The fraction of sp³-hybridized carbons (Fsp3) is 0.688. The first-order chi connectivity index (χ1) is 10.3. The Morgan fingerprint density at radius 2 is 1.95 bits per heavy atom. The molecule has 6 heteroatoms. The molecule has 0 saturated carbocycles. The average molecular weight is 304 g/mol. The first-order valence-corrected chi connectivity index (χ1v) is 7.88. The molecule has 1 fully saturated rings. The zero-order valence-corrected chi connectivity index (χ0v) is 14.0. The molecular formula is C16H24N4O2. The average Bonchev–Trinajstić information content (AvgIpc) is 2.62. The number of amides is 1. The smallest absolute Gasteiger partial charge is 0.411 e. The van der Waals surface area contributed by atoms with Gasteiger partial charge in [0.05, 0.1) is 18.3 Å². The number of carbonyl (C=O) groups is 1. The Hall–Kier alpha value is -1.85. The maximum absolute atomic E-state index is 12.4. The number of nitrogens with zero attached hydrogens (tertiary/aromatic N) is 4. The molecular weight excluding hydrogens is 280 g/mol. The highest BCUT2D eigenvalue weighted by atomic mass is 16.6. The largest absolute Gasteiger partial charge is 0.444 e. The van der Waals surface area contributed by atoms with E-state index in [1.165, 1.54) is 6.42 Å². The van der Waals surface area contributed by atoms with Crippen LogP contribution in [0.1, 0.15) is 57.2 Å². The number of hydrogen-bond donors (Lipinski definition) is 0. The van der Waals surface area contributed by atoms with Crippen molar-refractivity contribution in [1.29, 1.82) is 0 Å². The van der Waals surface area contributed by atoms with Crippen molar-refractivity contribution in [3.63, 3.8) is 0 Å². The van der Waals surface area contributed by atoms with Crippen molar-refractivity contribution in [2.75, 3.05) is 18.0 Å². The van der Waals surface area contributed by atoms with Gasteiger partial charge in [0, 0.05) is 18.7 Å². The minimum Gasteiger partial charge on any atom is -0.444 e. The van der Waals surface area contributed by atoms with Gasteiger partial charge in [-0.25, -0.2) is 14.8 Å². The second-order valence-electron chi connectivity index (χ2n) is 7.08. The standard InChI is InChI=1S/C16H24N4O2/c1-10-13-12(9-20(10)15(21)22-16(3,4)5)17-11(2)18-14(13)19-7-6-8-19/h10H,6-9H2,1-5H3. The Morgan fingerprint density at radius 1 is 1.27 bits per heavy atom. The molecule has 0 N–H and O–H groups in total. The lowest BCUT2D eigenvalue weighted by atomic mass is 10.1. The highest BCUT2D eigenvalue weighted by molar-refractivity contribution is 5.71. The van der Waals surface area contributed by atoms with Gasteiger partial charge >= 0.3 is 6.09 Å². The Balaban J connectivity index is 1.90. The number of rotatable bonds is 1. The molecule has 22 heavy (non-hydrogen) atoms. The number of hydrogen-bond acceptors (Lipinski definition) is 5. The van der Waals surface area contributed by atoms with Gasteiger partial charge in [-0.15, -0.1) is 0 Å². The summed E-state index contributed by atoms with van der Waals surface area (Å²) in [5, 5.41) is 0. The predicted octanol–water partition coefficient (Wildman–Crippen LogP) is 2.81. The van der Waals surface area contributed by atoms with E-state index in [-0.39, 0.29) is 12.1 Å². The first-order valence-electron chi connectivity index (χ1n) is 7.88. The minimum atomic E-state index is -0.493. The number of anilines is 1. The van der Waals surface area contributed by atoms with Crippen LogP contribution in [0.2, 0.25) is 0 Å². The van der Waals surface area contributed by atoms with Gasteiger partial charge in [0.2, 0.25) is 0 Å². The normalized spacial score (nSPS) is 20.7. The molecule has 1 atom stereocenters. The van der Waals surface area contributed by atoms with Crippen LogP contribution in [0.5, 0.6) is 0 Å². The molecule has 0 aliphatic carbocycles. The first kappa shape index (κ1) is 15.1. The number of ether oxygens (including phenoxy) is 1. The van der Waals surface area contributed by atoms with Crippen LogP contribution in [0, 0.1) is 6.92 Å². The molecule has 1 saturated heterocycles. The lowest BCUT2D eigenvalue weighted by molar-refractivity contribution is 0.0186. The molecule has 0 spiro atoms. The third-order valence-electron chi connectivity index (χ3n) is 4.11. The van der Waals surface area contributed by atoms with Crippen molar-refractivity contribution < 1.29 is 9.53 Å². The van der Waals surface area contributed by atoms with Crippen molar-refractivity contribution in [2.45, 2.75) is 59.2 Å². The van der Waals surface area contributed by atoms with Crippen molar-refractivity contribution in [1.82, 2.24) is 14.9 Å². The molecule has 2 aliphatic heterocycles. The topological polar surface area (TPSA) is 58.6 Å². The number of carbonyl (C=O) groups excluding carboxylic acids is 1. The molecule has 1 unspecified atom stereocenters. The molecule has 1 amide bonds. The third kappa shape index (κ3) is 2.62. The fourth-order valence-corrected chi connectivity index (χ4v) is 2.94. The van der Waals surface area contributed by atoms with Gasteiger partial charge in [-0.3, -0.25) is 4.90 Å². The Bertz CT molecular complexity index is 605. The highest BCUT2D eigenvalue weighted by Gasteiger charge is 2.38. The summed E-state index contributed by atoms with van der Waals surface area (Å²) < 4.78 is 5.52. The van der Waals surface area contributed by atoms with E-state index in [0.717, 1.165) is 36.0 Å².